The highest BCUT2D eigenvalue weighted by atomic mass is 127. The summed E-state index contributed by atoms with van der Waals surface area (Å²) in [6, 6.07) is 0. The van der Waals surface area contributed by atoms with Gasteiger partial charge in [-0.05, 0) is 31.6 Å². The molecule has 0 bridgehead atoms. The van der Waals surface area contributed by atoms with Crippen molar-refractivity contribution in [2.45, 2.75) is 52.5 Å². The van der Waals surface area contributed by atoms with Crippen molar-refractivity contribution in [3.63, 3.8) is 0 Å². The van der Waals surface area contributed by atoms with Crippen molar-refractivity contribution in [1.82, 2.24) is 20.4 Å². The summed E-state index contributed by atoms with van der Waals surface area (Å²) in [4.78, 5) is 15.0. The quantitative estimate of drug-likeness (QED) is 0.203. The first-order valence-corrected chi connectivity index (χ1v) is 8.77. The molecule has 0 spiro atoms. The van der Waals surface area contributed by atoms with Crippen LogP contribution in [0.15, 0.2) is 17.4 Å². The van der Waals surface area contributed by atoms with Crippen molar-refractivity contribution in [1.29, 1.82) is 0 Å². The van der Waals surface area contributed by atoms with Crippen molar-refractivity contribution in [3.8, 4) is 0 Å². The lowest BCUT2D eigenvalue weighted by Gasteiger charge is -2.25. The number of aromatic nitrogens is 2. The Morgan fingerprint density at radius 2 is 2.12 bits per heavy atom. The molecule has 2 N–H and O–H groups in total. The Bertz CT molecular complexity index is 569. The molecule has 9 heteroatoms. The van der Waals surface area contributed by atoms with Gasteiger partial charge in [-0.15, -0.1) is 24.0 Å². The van der Waals surface area contributed by atoms with Gasteiger partial charge in [0, 0.05) is 19.6 Å². The molecule has 0 aromatic carbocycles. The first kappa shape index (κ1) is 21.7. The largest absolute Gasteiger partial charge is 0.357 e. The third kappa shape index (κ3) is 6.44. The van der Waals surface area contributed by atoms with Crippen LogP contribution >= 0.6 is 24.0 Å². The van der Waals surface area contributed by atoms with Crippen LogP contribution in [0.5, 0.6) is 0 Å². The van der Waals surface area contributed by atoms with Crippen LogP contribution in [0.25, 0.3) is 0 Å². The fourth-order valence-corrected chi connectivity index (χ4v) is 3.20. The van der Waals surface area contributed by atoms with E-state index < -0.39 is 4.92 Å². The first-order valence-electron chi connectivity index (χ1n) is 8.77. The van der Waals surface area contributed by atoms with E-state index in [1.54, 1.807) is 4.68 Å². The van der Waals surface area contributed by atoms with Gasteiger partial charge >= 0.3 is 5.69 Å². The van der Waals surface area contributed by atoms with Gasteiger partial charge in [0.05, 0.1) is 11.5 Å². The minimum Gasteiger partial charge on any atom is -0.357 e. The van der Waals surface area contributed by atoms with E-state index in [-0.39, 0.29) is 29.7 Å². The molecule has 25 heavy (non-hydrogen) atoms. The minimum atomic E-state index is -0.436. The molecule has 1 heterocycles. The molecule has 142 valence electrons. The van der Waals surface area contributed by atoms with Crippen LogP contribution in [0.2, 0.25) is 0 Å². The van der Waals surface area contributed by atoms with Crippen LogP contribution in [0.1, 0.15) is 46.0 Å². The van der Waals surface area contributed by atoms with E-state index in [0.29, 0.717) is 18.5 Å². The molecule has 0 aliphatic heterocycles. The fraction of sp³-hybridized carbons (Fsp3) is 0.750. The molecule has 1 aliphatic carbocycles. The number of guanidine groups is 1. The van der Waals surface area contributed by atoms with E-state index in [0.717, 1.165) is 19.0 Å². The number of rotatable bonds is 8. The summed E-state index contributed by atoms with van der Waals surface area (Å²) in [6.07, 6.45) is 9.04. The molecule has 0 radical (unpaired) electrons. The maximum Gasteiger partial charge on any atom is 0.306 e. The smallest absolute Gasteiger partial charge is 0.306 e. The van der Waals surface area contributed by atoms with E-state index in [1.165, 1.54) is 44.5 Å². The molecule has 0 amide bonds. The van der Waals surface area contributed by atoms with Crippen LogP contribution in [0, 0.1) is 15.5 Å². The normalized spacial score (nSPS) is 16.3. The van der Waals surface area contributed by atoms with Gasteiger partial charge in [-0.25, -0.2) is 0 Å². The number of aliphatic imine (C=N–C) groups is 1. The summed E-state index contributed by atoms with van der Waals surface area (Å²) in [5.41, 5.74) is 0.381. The van der Waals surface area contributed by atoms with Crippen LogP contribution in [0.3, 0.4) is 0 Å². The number of nitrogens with one attached hydrogen (secondary N) is 2. The Labute approximate surface area is 166 Å². The van der Waals surface area contributed by atoms with E-state index in [2.05, 4.69) is 22.7 Å². The average Bonchev–Trinajstić information content (AvgIpc) is 3.23. The summed E-state index contributed by atoms with van der Waals surface area (Å²) in [6.45, 7) is 7.12. The number of nitrogens with zero attached hydrogens (tertiary/aromatic N) is 4. The van der Waals surface area contributed by atoms with E-state index >= 15 is 0 Å². The van der Waals surface area contributed by atoms with Gasteiger partial charge < -0.3 is 10.6 Å². The third-order valence-corrected chi connectivity index (χ3v) is 4.79. The predicted molar refractivity (Wildman–Crippen MR) is 109 cm³/mol. The third-order valence-electron chi connectivity index (χ3n) is 4.79. The predicted octanol–water partition coefficient (Wildman–Crippen LogP) is 2.93. The van der Waals surface area contributed by atoms with Crippen molar-refractivity contribution in [3.05, 3.63) is 22.5 Å². The lowest BCUT2D eigenvalue weighted by Crippen LogP contribution is -2.39. The lowest BCUT2D eigenvalue weighted by atomic mass is 9.84. The zero-order chi connectivity index (χ0) is 17.4. The Hall–Kier alpha value is -1.39. The van der Waals surface area contributed by atoms with Crippen molar-refractivity contribution in [2.75, 3.05) is 19.6 Å². The summed E-state index contributed by atoms with van der Waals surface area (Å²) >= 11 is 0. The molecule has 1 aromatic heterocycles. The lowest BCUT2D eigenvalue weighted by molar-refractivity contribution is -0.385. The van der Waals surface area contributed by atoms with Gasteiger partial charge in [-0.2, -0.15) is 5.10 Å². The first-order chi connectivity index (χ1) is 11.6. The molecule has 8 nitrogen and oxygen atoms in total. The summed E-state index contributed by atoms with van der Waals surface area (Å²) < 4.78 is 1.57. The summed E-state index contributed by atoms with van der Waals surface area (Å²) in [5.74, 6) is 0.805. The highest BCUT2D eigenvalue weighted by Crippen LogP contribution is 2.41. The van der Waals surface area contributed by atoms with E-state index in [4.69, 9.17) is 4.99 Å². The van der Waals surface area contributed by atoms with Gasteiger partial charge in [0.2, 0.25) is 0 Å². The molecule has 0 unspecified atom stereocenters. The van der Waals surface area contributed by atoms with Crippen LogP contribution in [-0.4, -0.2) is 40.3 Å². The second-order valence-corrected chi connectivity index (χ2v) is 6.40. The van der Waals surface area contributed by atoms with Crippen LogP contribution in [0.4, 0.5) is 5.69 Å². The van der Waals surface area contributed by atoms with Crippen molar-refractivity contribution < 1.29 is 4.92 Å². The standard InChI is InChI=1S/C16H28N6O2.HI/c1-3-16(7-5-6-8-16)13-19-15(17-4-2)18-9-10-21-12-14(11-20-21)22(23)24;/h11-12H,3-10,13H2,1-2H3,(H2,17,18,19);1H. The molecule has 0 atom stereocenters. The van der Waals surface area contributed by atoms with Gasteiger partial charge in [-0.3, -0.25) is 19.8 Å². The monoisotopic (exact) mass is 464 g/mol. The molecule has 1 saturated carbocycles. The molecular weight excluding hydrogens is 435 g/mol. The highest BCUT2D eigenvalue weighted by molar-refractivity contribution is 14.0. The van der Waals surface area contributed by atoms with Gasteiger partial charge in [0.25, 0.3) is 0 Å². The highest BCUT2D eigenvalue weighted by Gasteiger charge is 2.31. The molecule has 1 aliphatic rings. The second kappa shape index (κ2) is 10.6. The maximum absolute atomic E-state index is 10.7. The van der Waals surface area contributed by atoms with Crippen LogP contribution in [-0.2, 0) is 6.54 Å². The summed E-state index contributed by atoms with van der Waals surface area (Å²) in [5, 5.41) is 21.2. The van der Waals surface area contributed by atoms with E-state index in [1.807, 2.05) is 6.92 Å². The fourth-order valence-electron chi connectivity index (χ4n) is 3.20. The topological polar surface area (TPSA) is 97.4 Å². The molecule has 1 fully saturated rings. The zero-order valence-corrected chi connectivity index (χ0v) is 17.4. The molecule has 0 saturated heterocycles. The van der Waals surface area contributed by atoms with Crippen molar-refractivity contribution in [2.24, 2.45) is 10.4 Å². The Balaban J connectivity index is 0.00000312. The van der Waals surface area contributed by atoms with Crippen LogP contribution < -0.4 is 10.6 Å². The number of halogens is 1. The summed E-state index contributed by atoms with van der Waals surface area (Å²) in [7, 11) is 0. The second-order valence-electron chi connectivity index (χ2n) is 6.40. The number of hydrogen-bond acceptors (Lipinski definition) is 4. The van der Waals surface area contributed by atoms with Crippen molar-refractivity contribution >= 4 is 35.6 Å². The Morgan fingerprint density at radius 1 is 1.40 bits per heavy atom. The SMILES string of the molecule is CCNC(=NCC1(CC)CCCC1)NCCn1cc([N+](=O)[O-])cn1.I. The zero-order valence-electron chi connectivity index (χ0n) is 15.0. The maximum atomic E-state index is 10.7. The minimum absolute atomic E-state index is 0. The Morgan fingerprint density at radius 3 is 2.68 bits per heavy atom. The van der Waals surface area contributed by atoms with E-state index in [9.17, 15) is 10.1 Å². The average molecular weight is 464 g/mol. The molecule has 1 aromatic rings. The molecule has 2 rings (SSSR count). The van der Waals surface area contributed by atoms with Gasteiger partial charge in [0.1, 0.15) is 12.4 Å². The molecular formula is C16H29IN6O2. The Kier molecular flexibility index (Phi) is 9.15. The number of nitro groups is 1. The van der Waals surface area contributed by atoms with Gasteiger partial charge in [-0.1, -0.05) is 19.8 Å². The van der Waals surface area contributed by atoms with Gasteiger partial charge in [0.15, 0.2) is 5.96 Å². The number of hydrogen-bond donors (Lipinski definition) is 2.